The van der Waals surface area contributed by atoms with E-state index in [1.165, 1.54) is 24.3 Å². The van der Waals surface area contributed by atoms with Crippen molar-refractivity contribution in [3.05, 3.63) is 70.4 Å². The van der Waals surface area contributed by atoms with Crippen molar-refractivity contribution in [2.75, 3.05) is 6.61 Å². The third kappa shape index (κ3) is 6.13. The predicted molar refractivity (Wildman–Crippen MR) is 152 cm³/mol. The molecule has 15 heteroatoms. The molecule has 1 saturated heterocycles. The fourth-order valence-corrected chi connectivity index (χ4v) is 4.56. The summed E-state index contributed by atoms with van der Waals surface area (Å²) in [6.45, 7) is -0.810. The lowest BCUT2D eigenvalue weighted by Crippen LogP contribution is -2.61. The third-order valence-corrected chi connectivity index (χ3v) is 6.92. The fourth-order valence-electron chi connectivity index (χ4n) is 4.56. The summed E-state index contributed by atoms with van der Waals surface area (Å²) in [5.74, 6) is -5.46. The second kappa shape index (κ2) is 12.3. The van der Waals surface area contributed by atoms with Crippen molar-refractivity contribution >= 4 is 23.0 Å². The number of aliphatic hydroxyl groups excluding tert-OH is 3. The predicted octanol–water partition coefficient (Wildman–Crippen LogP) is 1.14. The first-order chi connectivity index (χ1) is 21.4. The largest absolute Gasteiger partial charge is 0.504 e. The number of aromatic hydroxyl groups is 6. The van der Waals surface area contributed by atoms with Gasteiger partial charge in [-0.05, 0) is 42.0 Å². The molecular weight excluding hydrogens is 600 g/mol. The number of carbonyl (C=O) groups excluding carboxylic acids is 1. The zero-order valence-electron chi connectivity index (χ0n) is 22.8. The van der Waals surface area contributed by atoms with Crippen molar-refractivity contribution in [2.45, 2.75) is 30.7 Å². The molecule has 5 atom stereocenters. The molecule has 3 aromatic carbocycles. The lowest BCUT2D eigenvalue weighted by atomic mass is 9.99. The Labute approximate surface area is 251 Å². The van der Waals surface area contributed by atoms with Crippen LogP contribution in [-0.2, 0) is 14.3 Å². The molecule has 1 aliphatic heterocycles. The molecule has 5 rings (SSSR count). The van der Waals surface area contributed by atoms with Crippen LogP contribution in [0.5, 0.6) is 40.2 Å². The first-order valence-electron chi connectivity index (χ1n) is 13.1. The highest BCUT2D eigenvalue weighted by Crippen LogP contribution is 2.43. The zero-order valence-corrected chi connectivity index (χ0v) is 22.8. The van der Waals surface area contributed by atoms with E-state index in [-0.39, 0.29) is 28.2 Å². The Kier molecular flexibility index (Phi) is 8.43. The van der Waals surface area contributed by atoms with E-state index in [1.807, 2.05) is 0 Å². The van der Waals surface area contributed by atoms with Gasteiger partial charge in [-0.3, -0.25) is 4.79 Å². The van der Waals surface area contributed by atoms with E-state index in [2.05, 4.69) is 0 Å². The standard InChI is InChI=1S/C30H26O15/c31-11-22-26(39)28(41)29(45-23(37)6-2-12-1-4-14(32)16(34)7-12)30(44-22)43-21-10-20-24(27(40)25(21)38)18(36)9-19(42-20)13-3-5-15(33)17(35)8-13/h1-10,22,26,28-35,38-41H,11H2/b6-2+/t22-,26-,28+,29-,30-/m1/s1. The molecule has 0 spiro atoms. The number of fused-ring (bicyclic) bond motifs is 1. The maximum absolute atomic E-state index is 12.8. The van der Waals surface area contributed by atoms with Gasteiger partial charge in [0.15, 0.2) is 46.0 Å². The molecule has 0 unspecified atom stereocenters. The van der Waals surface area contributed by atoms with Crippen LogP contribution >= 0.6 is 0 Å². The van der Waals surface area contributed by atoms with E-state index in [4.69, 9.17) is 18.6 Å². The molecular formula is C30H26O15. The van der Waals surface area contributed by atoms with Gasteiger partial charge in [-0.15, -0.1) is 0 Å². The Morgan fingerprint density at radius 3 is 2.20 bits per heavy atom. The van der Waals surface area contributed by atoms with Crippen molar-refractivity contribution < 1.29 is 69.4 Å². The van der Waals surface area contributed by atoms with Crippen molar-refractivity contribution in [3.63, 3.8) is 0 Å². The zero-order chi connectivity index (χ0) is 32.6. The van der Waals surface area contributed by atoms with Crippen molar-refractivity contribution in [1.29, 1.82) is 0 Å². The summed E-state index contributed by atoms with van der Waals surface area (Å²) in [5, 5.41) is 90.2. The van der Waals surface area contributed by atoms with Gasteiger partial charge in [0, 0.05) is 23.8 Å². The van der Waals surface area contributed by atoms with Crippen molar-refractivity contribution in [1.82, 2.24) is 0 Å². The van der Waals surface area contributed by atoms with Crippen molar-refractivity contribution in [2.24, 2.45) is 0 Å². The lowest BCUT2D eigenvalue weighted by molar-refractivity contribution is -0.281. The van der Waals surface area contributed by atoms with Crippen LogP contribution in [0, 0.1) is 0 Å². The van der Waals surface area contributed by atoms with Crippen molar-refractivity contribution in [3.8, 4) is 51.6 Å². The number of ether oxygens (including phenoxy) is 3. The minimum Gasteiger partial charge on any atom is -0.504 e. The summed E-state index contributed by atoms with van der Waals surface area (Å²) >= 11 is 0. The molecule has 0 bridgehead atoms. The van der Waals surface area contributed by atoms with Crippen LogP contribution in [0.25, 0.3) is 28.4 Å². The number of phenolic OH excluding ortho intramolecular Hbond substituents is 6. The van der Waals surface area contributed by atoms with Gasteiger partial charge in [0.2, 0.25) is 12.0 Å². The molecule has 0 saturated carbocycles. The Hall–Kier alpha value is -5.48. The Morgan fingerprint density at radius 1 is 0.844 bits per heavy atom. The van der Waals surface area contributed by atoms with Crippen LogP contribution < -0.4 is 10.2 Å². The third-order valence-electron chi connectivity index (χ3n) is 6.92. The van der Waals surface area contributed by atoms with Gasteiger partial charge in [0.25, 0.3) is 0 Å². The fraction of sp³-hybridized carbons (Fsp3) is 0.200. The molecule has 236 valence electrons. The molecule has 9 N–H and O–H groups in total. The second-order valence-corrected chi connectivity index (χ2v) is 9.93. The maximum Gasteiger partial charge on any atom is 0.331 e. The monoisotopic (exact) mass is 626 g/mol. The summed E-state index contributed by atoms with van der Waals surface area (Å²) in [6, 6.07) is 9.29. The minimum atomic E-state index is -1.89. The maximum atomic E-state index is 12.8. The van der Waals surface area contributed by atoms with Crippen LogP contribution in [0.3, 0.4) is 0 Å². The molecule has 0 amide bonds. The van der Waals surface area contributed by atoms with Gasteiger partial charge in [-0.1, -0.05) is 6.07 Å². The van der Waals surface area contributed by atoms with E-state index < -0.39 is 88.6 Å². The highest BCUT2D eigenvalue weighted by molar-refractivity contribution is 5.89. The molecule has 2 heterocycles. The number of rotatable bonds is 7. The van der Waals surface area contributed by atoms with Gasteiger partial charge >= 0.3 is 5.97 Å². The van der Waals surface area contributed by atoms with Crippen LogP contribution in [-0.4, -0.2) is 89.2 Å². The number of aliphatic hydroxyl groups is 3. The normalized spacial score (nSPS) is 21.6. The van der Waals surface area contributed by atoms with E-state index in [0.29, 0.717) is 0 Å². The van der Waals surface area contributed by atoms with E-state index in [9.17, 15) is 55.5 Å². The first kappa shape index (κ1) is 31.0. The topological polar surface area (TPSA) is 257 Å². The van der Waals surface area contributed by atoms with E-state index >= 15 is 0 Å². The van der Waals surface area contributed by atoms with Crippen LogP contribution in [0.4, 0.5) is 0 Å². The van der Waals surface area contributed by atoms with Crippen LogP contribution in [0.1, 0.15) is 5.56 Å². The van der Waals surface area contributed by atoms with Crippen LogP contribution in [0.15, 0.2) is 63.8 Å². The van der Waals surface area contributed by atoms with Gasteiger partial charge < -0.3 is 64.6 Å². The highest BCUT2D eigenvalue weighted by atomic mass is 16.7. The van der Waals surface area contributed by atoms with E-state index in [1.54, 1.807) is 0 Å². The molecule has 45 heavy (non-hydrogen) atoms. The summed E-state index contributed by atoms with van der Waals surface area (Å²) in [5.41, 5.74) is -0.665. The quantitative estimate of drug-likeness (QED) is 0.0791. The van der Waals surface area contributed by atoms with Crippen LogP contribution in [0.2, 0.25) is 0 Å². The van der Waals surface area contributed by atoms with Gasteiger partial charge in [0.1, 0.15) is 35.0 Å². The Balaban J connectivity index is 1.48. The van der Waals surface area contributed by atoms with Gasteiger partial charge in [-0.2, -0.15) is 0 Å². The molecule has 4 aromatic rings. The molecule has 1 fully saturated rings. The van der Waals surface area contributed by atoms with Gasteiger partial charge in [0.05, 0.1) is 6.61 Å². The molecule has 15 nitrogen and oxygen atoms in total. The smallest absolute Gasteiger partial charge is 0.331 e. The molecule has 1 aliphatic rings. The number of hydrogen-bond donors (Lipinski definition) is 9. The lowest BCUT2D eigenvalue weighted by Gasteiger charge is -2.41. The minimum absolute atomic E-state index is 0.104. The average molecular weight is 627 g/mol. The summed E-state index contributed by atoms with van der Waals surface area (Å²) < 4.78 is 22.1. The summed E-state index contributed by atoms with van der Waals surface area (Å²) in [6.07, 6.45) is -6.59. The summed E-state index contributed by atoms with van der Waals surface area (Å²) in [7, 11) is 0. The van der Waals surface area contributed by atoms with E-state index in [0.717, 1.165) is 36.4 Å². The number of carbonyl (C=O) groups is 1. The number of hydrogen-bond acceptors (Lipinski definition) is 15. The summed E-state index contributed by atoms with van der Waals surface area (Å²) in [4.78, 5) is 25.5. The molecule has 0 aliphatic carbocycles. The molecule has 1 aromatic heterocycles. The Bertz CT molecular complexity index is 1850. The van der Waals surface area contributed by atoms with Gasteiger partial charge in [-0.25, -0.2) is 4.79 Å². The first-order valence-corrected chi connectivity index (χ1v) is 13.1. The molecule has 0 radical (unpaired) electrons. The number of phenols is 6. The Morgan fingerprint density at radius 2 is 1.53 bits per heavy atom. The second-order valence-electron chi connectivity index (χ2n) is 9.93. The average Bonchev–Trinajstić information content (AvgIpc) is 3.00. The SMILES string of the molecule is O=C(/C=C/c1ccc(O)c(O)c1)O[C@H]1[C@H](Oc2cc3oc(-c4ccc(O)c(O)c4)cc(=O)c3c(O)c2O)O[C@H](CO)[C@@H](O)[C@@H]1O. The highest BCUT2D eigenvalue weighted by Gasteiger charge is 2.48. The number of benzene rings is 3. The number of esters is 1.